The summed E-state index contributed by atoms with van der Waals surface area (Å²) in [6.07, 6.45) is 12.0. The fourth-order valence-electron chi connectivity index (χ4n) is 6.47. The number of hydrogen-bond acceptors (Lipinski definition) is 4. The lowest BCUT2D eigenvalue weighted by Gasteiger charge is -2.38. The van der Waals surface area contributed by atoms with Gasteiger partial charge in [-0.3, -0.25) is 19.4 Å². The molecule has 3 aliphatic heterocycles. The first kappa shape index (κ1) is 24.5. The third-order valence-electron chi connectivity index (χ3n) is 9.02. The molecule has 0 aromatic heterocycles. The number of carbonyl (C=O) groups excluding carboxylic acids is 2. The largest absolute Gasteiger partial charge is 0.341 e. The van der Waals surface area contributed by atoms with Gasteiger partial charge in [0.1, 0.15) is 0 Å². The molecule has 1 saturated carbocycles. The van der Waals surface area contributed by atoms with Gasteiger partial charge >= 0.3 is 0 Å². The molecule has 2 amide bonds. The highest BCUT2D eigenvalue weighted by Gasteiger charge is 2.59. The highest BCUT2D eigenvalue weighted by atomic mass is 16.2. The Morgan fingerprint density at radius 1 is 0.886 bits per heavy atom. The maximum absolute atomic E-state index is 13.3. The van der Waals surface area contributed by atoms with Crippen molar-refractivity contribution in [1.29, 1.82) is 0 Å². The van der Waals surface area contributed by atoms with E-state index in [1.54, 1.807) is 0 Å². The average molecular weight is 479 g/mol. The summed E-state index contributed by atoms with van der Waals surface area (Å²) in [6, 6.07) is 10.5. The SMILES string of the molecule is CN1CCCCCC1C(=O)N1CCC2(CC1)CC2C(=O)N1CCN(C/C=C/c2ccccc2)CC1. The van der Waals surface area contributed by atoms with Gasteiger partial charge in [0.15, 0.2) is 0 Å². The van der Waals surface area contributed by atoms with Crippen LogP contribution >= 0.6 is 0 Å². The molecule has 35 heavy (non-hydrogen) atoms. The second-order valence-corrected chi connectivity index (χ2v) is 11.2. The number of piperazine rings is 1. The maximum Gasteiger partial charge on any atom is 0.239 e. The molecule has 1 spiro atoms. The predicted molar refractivity (Wildman–Crippen MR) is 140 cm³/mol. The molecule has 3 heterocycles. The van der Waals surface area contributed by atoms with Gasteiger partial charge in [-0.25, -0.2) is 0 Å². The zero-order valence-corrected chi connectivity index (χ0v) is 21.4. The molecule has 2 atom stereocenters. The number of rotatable bonds is 5. The minimum absolute atomic E-state index is 0.0574. The number of likely N-dealkylation sites (N-methyl/N-ethyl adjacent to an activating group) is 1. The number of nitrogens with zero attached hydrogens (tertiary/aromatic N) is 4. The summed E-state index contributed by atoms with van der Waals surface area (Å²) in [4.78, 5) is 35.4. The number of benzene rings is 1. The van der Waals surface area contributed by atoms with E-state index in [1.807, 2.05) is 6.07 Å². The molecule has 6 nitrogen and oxygen atoms in total. The summed E-state index contributed by atoms with van der Waals surface area (Å²) in [5.41, 5.74) is 1.40. The predicted octanol–water partition coefficient (Wildman–Crippen LogP) is 3.35. The lowest BCUT2D eigenvalue weighted by Crippen LogP contribution is -2.51. The Labute approximate surface area is 210 Å². The smallest absolute Gasteiger partial charge is 0.239 e. The van der Waals surface area contributed by atoms with E-state index >= 15 is 0 Å². The highest BCUT2D eigenvalue weighted by molar-refractivity contribution is 5.84. The normalized spacial score (nSPS) is 27.8. The molecule has 3 saturated heterocycles. The van der Waals surface area contributed by atoms with Crippen molar-refractivity contribution in [2.45, 2.75) is 51.0 Å². The van der Waals surface area contributed by atoms with Crippen LogP contribution in [-0.2, 0) is 9.59 Å². The van der Waals surface area contributed by atoms with Crippen LogP contribution < -0.4 is 0 Å². The van der Waals surface area contributed by atoms with Crippen LogP contribution in [0.2, 0.25) is 0 Å². The van der Waals surface area contributed by atoms with Crippen molar-refractivity contribution in [3.63, 3.8) is 0 Å². The van der Waals surface area contributed by atoms with Gasteiger partial charge in [0.25, 0.3) is 0 Å². The van der Waals surface area contributed by atoms with Crippen LogP contribution in [0.4, 0.5) is 0 Å². The van der Waals surface area contributed by atoms with E-state index in [1.165, 1.54) is 18.4 Å². The number of piperidine rings is 1. The van der Waals surface area contributed by atoms with Crippen molar-refractivity contribution >= 4 is 17.9 Å². The van der Waals surface area contributed by atoms with Crippen molar-refractivity contribution < 1.29 is 9.59 Å². The van der Waals surface area contributed by atoms with Gasteiger partial charge in [0, 0.05) is 51.7 Å². The summed E-state index contributed by atoms with van der Waals surface area (Å²) in [6.45, 7) is 7.19. The van der Waals surface area contributed by atoms with E-state index in [-0.39, 0.29) is 17.4 Å². The van der Waals surface area contributed by atoms with Crippen molar-refractivity contribution in [3.8, 4) is 0 Å². The first-order valence-corrected chi connectivity index (χ1v) is 13.8. The van der Waals surface area contributed by atoms with Crippen molar-refractivity contribution in [2.24, 2.45) is 11.3 Å². The maximum atomic E-state index is 13.3. The molecule has 1 aromatic rings. The van der Waals surface area contributed by atoms with Crippen LogP contribution in [0.25, 0.3) is 6.08 Å². The summed E-state index contributed by atoms with van der Waals surface area (Å²) < 4.78 is 0. The minimum atomic E-state index is 0.0574. The molecule has 0 radical (unpaired) electrons. The highest BCUT2D eigenvalue weighted by Crippen LogP contribution is 2.60. The van der Waals surface area contributed by atoms with E-state index in [9.17, 15) is 9.59 Å². The first-order valence-electron chi connectivity index (χ1n) is 13.8. The Morgan fingerprint density at radius 3 is 2.34 bits per heavy atom. The van der Waals surface area contributed by atoms with E-state index in [0.717, 1.165) is 84.5 Å². The molecule has 190 valence electrons. The monoisotopic (exact) mass is 478 g/mol. The average Bonchev–Trinajstić information content (AvgIpc) is 3.63. The topological polar surface area (TPSA) is 47.1 Å². The Bertz CT molecular complexity index is 901. The molecular formula is C29H42N4O2. The van der Waals surface area contributed by atoms with Crippen LogP contribution in [0.15, 0.2) is 36.4 Å². The van der Waals surface area contributed by atoms with Crippen molar-refractivity contribution in [1.82, 2.24) is 19.6 Å². The number of hydrogen-bond donors (Lipinski definition) is 0. The van der Waals surface area contributed by atoms with Crippen LogP contribution in [0.1, 0.15) is 50.5 Å². The number of carbonyl (C=O) groups is 2. The Hall–Kier alpha value is -2.18. The standard InChI is InChI=1S/C29H42N4O2/c1-30-15-7-3-6-12-26(30)28(35)32-17-13-29(14-18-32)23-25(29)27(34)33-21-19-31(20-22-33)16-8-11-24-9-4-2-5-10-24/h2,4-5,8-11,25-26H,3,6-7,12-23H2,1H3/b11-8+. The summed E-state index contributed by atoms with van der Waals surface area (Å²) in [5, 5.41) is 0. The van der Waals surface area contributed by atoms with E-state index in [2.05, 4.69) is 63.1 Å². The van der Waals surface area contributed by atoms with Gasteiger partial charge in [-0.05, 0) is 56.7 Å². The zero-order chi connectivity index (χ0) is 24.3. The Kier molecular flexibility index (Phi) is 7.59. The second-order valence-electron chi connectivity index (χ2n) is 11.2. The van der Waals surface area contributed by atoms with E-state index in [0.29, 0.717) is 11.8 Å². The lowest BCUT2D eigenvalue weighted by atomic mass is 9.90. The third kappa shape index (κ3) is 5.64. The van der Waals surface area contributed by atoms with Gasteiger partial charge in [-0.1, -0.05) is 55.3 Å². The number of amides is 2. The minimum Gasteiger partial charge on any atom is -0.341 e. The molecule has 0 N–H and O–H groups in total. The van der Waals surface area contributed by atoms with E-state index in [4.69, 9.17) is 0 Å². The molecule has 4 fully saturated rings. The second kappa shape index (κ2) is 10.8. The summed E-state index contributed by atoms with van der Waals surface area (Å²) >= 11 is 0. The van der Waals surface area contributed by atoms with Gasteiger partial charge in [-0.2, -0.15) is 0 Å². The van der Waals surface area contributed by atoms with Crippen LogP contribution in [0.5, 0.6) is 0 Å². The van der Waals surface area contributed by atoms with Crippen molar-refractivity contribution in [3.05, 3.63) is 42.0 Å². The third-order valence-corrected chi connectivity index (χ3v) is 9.02. The molecule has 1 aliphatic carbocycles. The van der Waals surface area contributed by atoms with Crippen LogP contribution in [0, 0.1) is 11.3 Å². The zero-order valence-electron chi connectivity index (χ0n) is 21.4. The molecule has 6 heteroatoms. The fourth-order valence-corrected chi connectivity index (χ4v) is 6.47. The Balaban J connectivity index is 1.05. The molecule has 2 unspecified atom stereocenters. The fraction of sp³-hybridized carbons (Fsp3) is 0.655. The van der Waals surface area contributed by atoms with Gasteiger partial charge < -0.3 is 9.80 Å². The summed E-state index contributed by atoms with van der Waals surface area (Å²) in [5.74, 6) is 0.878. The lowest BCUT2D eigenvalue weighted by molar-refractivity contribution is -0.138. The van der Waals surface area contributed by atoms with Gasteiger partial charge in [-0.15, -0.1) is 0 Å². The molecule has 1 aromatic carbocycles. The molecule has 4 aliphatic rings. The summed E-state index contributed by atoms with van der Waals surface area (Å²) in [7, 11) is 2.11. The van der Waals surface area contributed by atoms with E-state index < -0.39 is 0 Å². The Morgan fingerprint density at radius 2 is 1.60 bits per heavy atom. The van der Waals surface area contributed by atoms with Gasteiger partial charge in [0.05, 0.1) is 6.04 Å². The quantitative estimate of drug-likeness (QED) is 0.651. The van der Waals surface area contributed by atoms with Crippen molar-refractivity contribution in [2.75, 3.05) is 59.4 Å². The van der Waals surface area contributed by atoms with Crippen LogP contribution in [-0.4, -0.2) is 96.9 Å². The first-order chi connectivity index (χ1) is 17.1. The molecule has 5 rings (SSSR count). The molecule has 0 bridgehead atoms. The van der Waals surface area contributed by atoms with Crippen LogP contribution in [0.3, 0.4) is 0 Å². The number of likely N-dealkylation sites (tertiary alicyclic amines) is 2. The van der Waals surface area contributed by atoms with Gasteiger partial charge in [0.2, 0.25) is 11.8 Å². The molecular weight excluding hydrogens is 436 g/mol.